The van der Waals surface area contributed by atoms with Crippen molar-refractivity contribution in [3.63, 3.8) is 0 Å². The molecule has 0 heterocycles. The van der Waals surface area contributed by atoms with Gasteiger partial charge in [0.1, 0.15) is 5.75 Å². The molecule has 0 N–H and O–H groups in total. The fourth-order valence-electron chi connectivity index (χ4n) is 3.02. The smallest absolute Gasteiger partial charge is 0.180 e. The zero-order valence-electron chi connectivity index (χ0n) is 12.6. The van der Waals surface area contributed by atoms with Crippen molar-refractivity contribution >= 4 is 5.78 Å². The van der Waals surface area contributed by atoms with Gasteiger partial charge in [-0.1, -0.05) is 31.9 Å². The predicted octanol–water partition coefficient (Wildman–Crippen LogP) is 3.53. The first-order chi connectivity index (χ1) is 9.76. The number of rotatable bonds is 7. The van der Waals surface area contributed by atoms with E-state index in [1.165, 1.54) is 25.7 Å². The van der Waals surface area contributed by atoms with Crippen molar-refractivity contribution in [3.8, 4) is 5.75 Å². The van der Waals surface area contributed by atoms with Crippen LogP contribution >= 0.6 is 0 Å². The number of nitrogens with zero attached hydrogens (tertiary/aromatic N) is 1. The second-order valence-electron chi connectivity index (χ2n) is 5.35. The summed E-state index contributed by atoms with van der Waals surface area (Å²) in [6.07, 6.45) is 5.05. The molecule has 3 heteroatoms. The third-order valence-electron chi connectivity index (χ3n) is 4.08. The molecule has 0 radical (unpaired) electrons. The van der Waals surface area contributed by atoms with Gasteiger partial charge in [0.15, 0.2) is 5.78 Å². The van der Waals surface area contributed by atoms with Gasteiger partial charge in [0.05, 0.1) is 18.7 Å². The molecule has 0 bridgehead atoms. The number of Topliss-reactive ketones (excluding diaryl/α,β-unsaturated/α-hetero) is 1. The van der Waals surface area contributed by atoms with Gasteiger partial charge in [-0.2, -0.15) is 0 Å². The highest BCUT2D eigenvalue weighted by Gasteiger charge is 2.24. The zero-order chi connectivity index (χ0) is 14.4. The SMILES string of the molecule is CCOc1ccccc1C(=O)CN(CC)C1CCCC1. The van der Waals surface area contributed by atoms with Gasteiger partial charge in [0.25, 0.3) is 0 Å². The first-order valence-electron chi connectivity index (χ1n) is 7.75. The molecule has 0 aromatic heterocycles. The molecular weight excluding hydrogens is 250 g/mol. The summed E-state index contributed by atoms with van der Waals surface area (Å²) in [6.45, 7) is 6.11. The quantitative estimate of drug-likeness (QED) is 0.713. The Morgan fingerprint density at radius 2 is 1.95 bits per heavy atom. The zero-order valence-corrected chi connectivity index (χ0v) is 12.6. The maximum atomic E-state index is 12.5. The monoisotopic (exact) mass is 275 g/mol. The van der Waals surface area contributed by atoms with Crippen molar-refractivity contribution in [2.24, 2.45) is 0 Å². The molecule has 0 amide bonds. The maximum absolute atomic E-state index is 12.5. The van der Waals surface area contributed by atoms with Crippen LogP contribution in [0.25, 0.3) is 0 Å². The lowest BCUT2D eigenvalue weighted by molar-refractivity contribution is 0.0895. The van der Waals surface area contributed by atoms with E-state index in [-0.39, 0.29) is 5.78 Å². The average Bonchev–Trinajstić information content (AvgIpc) is 2.99. The minimum atomic E-state index is 0.169. The van der Waals surface area contributed by atoms with Gasteiger partial charge in [-0.05, 0) is 38.4 Å². The molecule has 1 aliphatic rings. The van der Waals surface area contributed by atoms with Crippen molar-refractivity contribution < 1.29 is 9.53 Å². The molecule has 3 nitrogen and oxygen atoms in total. The van der Waals surface area contributed by atoms with Crippen LogP contribution in [-0.2, 0) is 0 Å². The summed E-state index contributed by atoms with van der Waals surface area (Å²) < 4.78 is 5.56. The minimum Gasteiger partial charge on any atom is -0.493 e. The fraction of sp³-hybridized carbons (Fsp3) is 0.588. The highest BCUT2D eigenvalue weighted by molar-refractivity contribution is 6.00. The topological polar surface area (TPSA) is 29.5 Å². The van der Waals surface area contributed by atoms with Crippen molar-refractivity contribution in [3.05, 3.63) is 29.8 Å². The Morgan fingerprint density at radius 1 is 1.25 bits per heavy atom. The van der Waals surface area contributed by atoms with Crippen LogP contribution in [0, 0.1) is 0 Å². The largest absolute Gasteiger partial charge is 0.493 e. The Bertz CT molecular complexity index is 438. The molecular formula is C17H25NO2. The highest BCUT2D eigenvalue weighted by atomic mass is 16.5. The Balaban J connectivity index is 2.06. The lowest BCUT2D eigenvalue weighted by Crippen LogP contribution is -2.37. The number of ketones is 1. The minimum absolute atomic E-state index is 0.169. The average molecular weight is 275 g/mol. The third-order valence-corrected chi connectivity index (χ3v) is 4.08. The number of ether oxygens (including phenoxy) is 1. The number of carbonyl (C=O) groups is 1. The molecule has 1 saturated carbocycles. The summed E-state index contributed by atoms with van der Waals surface area (Å²) in [7, 11) is 0. The predicted molar refractivity (Wildman–Crippen MR) is 81.4 cm³/mol. The summed E-state index contributed by atoms with van der Waals surface area (Å²) in [5.41, 5.74) is 0.714. The molecule has 0 saturated heterocycles. The van der Waals surface area contributed by atoms with Gasteiger partial charge >= 0.3 is 0 Å². The van der Waals surface area contributed by atoms with Crippen molar-refractivity contribution in [2.75, 3.05) is 19.7 Å². The Kier molecular flexibility index (Phi) is 5.60. The van der Waals surface area contributed by atoms with E-state index >= 15 is 0 Å². The molecule has 1 fully saturated rings. The molecule has 0 spiro atoms. The lowest BCUT2D eigenvalue weighted by atomic mass is 10.1. The molecule has 1 aromatic carbocycles. The summed E-state index contributed by atoms with van der Waals surface area (Å²) in [5, 5.41) is 0. The summed E-state index contributed by atoms with van der Waals surface area (Å²) in [5.74, 6) is 0.880. The molecule has 1 aromatic rings. The van der Waals surface area contributed by atoms with Crippen molar-refractivity contribution in [2.45, 2.75) is 45.6 Å². The number of hydrogen-bond donors (Lipinski definition) is 0. The van der Waals surface area contributed by atoms with E-state index in [1.54, 1.807) is 0 Å². The summed E-state index contributed by atoms with van der Waals surface area (Å²) in [6, 6.07) is 8.15. The van der Waals surface area contributed by atoms with Crippen LogP contribution in [0.2, 0.25) is 0 Å². The molecule has 2 rings (SSSR count). The van der Waals surface area contributed by atoms with Gasteiger partial charge in [-0.15, -0.1) is 0 Å². The normalized spacial score (nSPS) is 15.8. The van der Waals surface area contributed by atoms with E-state index in [0.717, 1.165) is 6.54 Å². The van der Waals surface area contributed by atoms with Gasteiger partial charge < -0.3 is 4.74 Å². The summed E-state index contributed by atoms with van der Waals surface area (Å²) in [4.78, 5) is 14.9. The number of likely N-dealkylation sites (N-methyl/N-ethyl adjacent to an activating group) is 1. The van der Waals surface area contributed by atoms with Gasteiger partial charge in [0, 0.05) is 6.04 Å². The molecule has 20 heavy (non-hydrogen) atoms. The number of benzene rings is 1. The Morgan fingerprint density at radius 3 is 2.60 bits per heavy atom. The van der Waals surface area contributed by atoms with Crippen LogP contribution in [0.15, 0.2) is 24.3 Å². The third kappa shape index (κ3) is 3.60. The van der Waals surface area contributed by atoms with Crippen LogP contribution in [-0.4, -0.2) is 36.4 Å². The van der Waals surface area contributed by atoms with E-state index < -0.39 is 0 Å². The second-order valence-corrected chi connectivity index (χ2v) is 5.35. The van der Waals surface area contributed by atoms with E-state index in [1.807, 2.05) is 31.2 Å². The first kappa shape index (κ1) is 15.0. The van der Waals surface area contributed by atoms with Crippen LogP contribution in [0.3, 0.4) is 0 Å². The lowest BCUT2D eigenvalue weighted by Gasteiger charge is -2.26. The molecule has 0 unspecified atom stereocenters. The molecule has 110 valence electrons. The van der Waals surface area contributed by atoms with Crippen molar-refractivity contribution in [1.82, 2.24) is 4.90 Å². The number of carbonyl (C=O) groups excluding carboxylic acids is 1. The fourth-order valence-corrected chi connectivity index (χ4v) is 3.02. The maximum Gasteiger partial charge on any atom is 0.180 e. The standard InChI is InChI=1S/C17H25NO2/c1-3-18(14-9-5-6-10-14)13-16(19)15-11-7-8-12-17(15)20-4-2/h7-8,11-12,14H,3-6,9-10,13H2,1-2H3. The van der Waals surface area contributed by atoms with E-state index in [0.29, 0.717) is 30.5 Å². The van der Waals surface area contributed by atoms with Gasteiger partial charge in [0.2, 0.25) is 0 Å². The molecule has 0 aliphatic heterocycles. The first-order valence-corrected chi connectivity index (χ1v) is 7.75. The van der Waals surface area contributed by atoms with E-state index in [4.69, 9.17) is 4.74 Å². The number of para-hydroxylation sites is 1. The van der Waals surface area contributed by atoms with E-state index in [2.05, 4.69) is 11.8 Å². The Labute approximate surface area is 121 Å². The van der Waals surface area contributed by atoms with Crippen LogP contribution in [0.1, 0.15) is 49.9 Å². The van der Waals surface area contributed by atoms with Crippen molar-refractivity contribution in [1.29, 1.82) is 0 Å². The van der Waals surface area contributed by atoms with Crippen LogP contribution < -0.4 is 4.74 Å². The van der Waals surface area contributed by atoms with E-state index in [9.17, 15) is 4.79 Å². The molecule has 0 atom stereocenters. The van der Waals surface area contributed by atoms with Gasteiger partial charge in [-0.3, -0.25) is 9.69 Å². The molecule has 1 aliphatic carbocycles. The van der Waals surface area contributed by atoms with Crippen LogP contribution in [0.4, 0.5) is 0 Å². The van der Waals surface area contributed by atoms with Gasteiger partial charge in [-0.25, -0.2) is 0 Å². The summed E-state index contributed by atoms with van der Waals surface area (Å²) >= 11 is 0. The van der Waals surface area contributed by atoms with Crippen LogP contribution in [0.5, 0.6) is 5.75 Å². The Hall–Kier alpha value is -1.35. The number of hydrogen-bond acceptors (Lipinski definition) is 3. The highest BCUT2D eigenvalue weighted by Crippen LogP contribution is 2.24. The second kappa shape index (κ2) is 7.44.